The molecule has 0 radical (unpaired) electrons. The van der Waals surface area contributed by atoms with Crippen molar-refractivity contribution in [3.05, 3.63) is 77.4 Å². The van der Waals surface area contributed by atoms with Crippen molar-refractivity contribution in [2.45, 2.75) is 68.4 Å². The molecule has 3 aromatic carbocycles. The summed E-state index contributed by atoms with van der Waals surface area (Å²) >= 11 is 1.66. The number of benzene rings is 3. The van der Waals surface area contributed by atoms with Gasteiger partial charge in [0, 0.05) is 15.4 Å². The zero-order chi connectivity index (χ0) is 28.7. The predicted octanol–water partition coefficient (Wildman–Crippen LogP) is 7.32. The number of nitrogens with one attached hydrogen (secondary N) is 1. The Balaban J connectivity index is 1.38. The lowest BCUT2D eigenvalue weighted by Gasteiger charge is -2.36. The summed E-state index contributed by atoms with van der Waals surface area (Å²) in [4.78, 5) is 26.0. The van der Waals surface area contributed by atoms with Crippen LogP contribution in [-0.2, 0) is 17.6 Å². The van der Waals surface area contributed by atoms with Crippen LogP contribution in [0.4, 0.5) is 13.2 Å². The number of fused-ring (bicyclic) bond motifs is 3. The number of amides is 1. The van der Waals surface area contributed by atoms with E-state index in [1.807, 2.05) is 26.0 Å². The number of ether oxygens (including phenoxy) is 1. The van der Waals surface area contributed by atoms with Crippen LogP contribution in [0.15, 0.2) is 60.7 Å². The van der Waals surface area contributed by atoms with Gasteiger partial charge in [-0.3, -0.25) is 4.79 Å². The first-order chi connectivity index (χ1) is 18.9. The highest BCUT2D eigenvalue weighted by Gasteiger charge is 2.46. The quantitative estimate of drug-likeness (QED) is 0.282. The Morgan fingerprint density at radius 3 is 2.38 bits per heavy atom. The lowest BCUT2D eigenvalue weighted by atomic mass is 10.00. The van der Waals surface area contributed by atoms with Crippen molar-refractivity contribution in [2.75, 3.05) is 0 Å². The summed E-state index contributed by atoms with van der Waals surface area (Å²) in [5.74, 6) is -0.120. The highest BCUT2D eigenvalue weighted by molar-refractivity contribution is 8.01. The minimum absolute atomic E-state index is 0.0691. The van der Waals surface area contributed by atoms with Gasteiger partial charge in [-0.15, -0.1) is 11.8 Å². The average Bonchev–Trinajstić information content (AvgIpc) is 3.52. The van der Waals surface area contributed by atoms with Crippen molar-refractivity contribution < 1.29 is 32.6 Å². The molecule has 40 heavy (non-hydrogen) atoms. The third kappa shape index (κ3) is 5.94. The van der Waals surface area contributed by atoms with Gasteiger partial charge in [-0.2, -0.15) is 13.2 Å². The van der Waals surface area contributed by atoms with Crippen LogP contribution in [0, 0.1) is 11.8 Å². The summed E-state index contributed by atoms with van der Waals surface area (Å²) in [5.41, 5.74) is -0.0937. The first kappa shape index (κ1) is 28.3. The maximum absolute atomic E-state index is 13.6. The SMILES string of the molecule is CC(C)(S[C@@H]1C[C@@H]2CC[C@H]1C2)[C@H](NC(=O)c1ccc2ccccc2c1OCc1ccc(C(F)(F)F)cc1)C(=O)O. The van der Waals surface area contributed by atoms with E-state index in [-0.39, 0.29) is 17.9 Å². The maximum Gasteiger partial charge on any atom is 0.416 e. The summed E-state index contributed by atoms with van der Waals surface area (Å²) in [6.45, 7) is 3.66. The van der Waals surface area contributed by atoms with Gasteiger partial charge in [-0.25, -0.2) is 4.79 Å². The molecule has 0 aliphatic heterocycles. The van der Waals surface area contributed by atoms with Gasteiger partial charge in [0.15, 0.2) is 0 Å². The summed E-state index contributed by atoms with van der Waals surface area (Å²) in [5, 5.41) is 14.7. The molecule has 1 amide bonds. The van der Waals surface area contributed by atoms with E-state index in [1.165, 1.54) is 31.4 Å². The molecular weight excluding hydrogens is 539 g/mol. The van der Waals surface area contributed by atoms with Gasteiger partial charge in [0.25, 0.3) is 5.91 Å². The van der Waals surface area contributed by atoms with Crippen molar-refractivity contribution in [3.8, 4) is 5.75 Å². The minimum atomic E-state index is -4.44. The molecule has 4 atom stereocenters. The monoisotopic (exact) mass is 571 g/mol. The number of halogens is 3. The molecule has 0 saturated heterocycles. The number of carboxylic acids is 1. The van der Waals surface area contributed by atoms with Gasteiger partial charge in [-0.1, -0.05) is 48.9 Å². The van der Waals surface area contributed by atoms with Gasteiger partial charge in [-0.05, 0) is 74.1 Å². The molecule has 2 aliphatic rings. The smallest absolute Gasteiger partial charge is 0.416 e. The van der Waals surface area contributed by atoms with Gasteiger partial charge in [0.05, 0.1) is 11.1 Å². The molecule has 9 heteroatoms. The van der Waals surface area contributed by atoms with Gasteiger partial charge < -0.3 is 15.2 Å². The third-order valence-electron chi connectivity index (χ3n) is 8.13. The third-order valence-corrected chi connectivity index (χ3v) is 9.86. The van der Waals surface area contributed by atoms with Crippen molar-refractivity contribution in [3.63, 3.8) is 0 Å². The van der Waals surface area contributed by atoms with Crippen molar-refractivity contribution in [1.29, 1.82) is 0 Å². The van der Waals surface area contributed by atoms with E-state index in [0.717, 1.165) is 29.9 Å². The van der Waals surface area contributed by atoms with Crippen LogP contribution in [0.5, 0.6) is 5.75 Å². The fourth-order valence-corrected chi connectivity index (χ4v) is 7.94. The van der Waals surface area contributed by atoms with Crippen LogP contribution in [-0.4, -0.2) is 33.0 Å². The molecule has 0 heterocycles. The van der Waals surface area contributed by atoms with Gasteiger partial charge in [0.1, 0.15) is 18.4 Å². The molecule has 2 aliphatic carbocycles. The Morgan fingerprint density at radius 2 is 1.75 bits per heavy atom. The van der Waals surface area contributed by atoms with Crippen LogP contribution in [0.25, 0.3) is 10.8 Å². The maximum atomic E-state index is 13.6. The van der Waals surface area contributed by atoms with E-state index in [2.05, 4.69) is 5.32 Å². The number of carboxylic acid groups (broad SMARTS) is 1. The number of aliphatic carboxylic acids is 1. The Morgan fingerprint density at radius 1 is 1.02 bits per heavy atom. The molecule has 2 bridgehead atoms. The number of rotatable bonds is 9. The number of alkyl halides is 3. The number of carbonyl (C=O) groups is 2. The molecule has 2 fully saturated rings. The van der Waals surface area contributed by atoms with E-state index in [9.17, 15) is 27.9 Å². The minimum Gasteiger partial charge on any atom is -0.487 e. The highest BCUT2D eigenvalue weighted by Crippen LogP contribution is 2.52. The normalized spacial score (nSPS) is 21.4. The second-order valence-electron chi connectivity index (χ2n) is 11.3. The lowest BCUT2D eigenvalue weighted by Crippen LogP contribution is -2.53. The van der Waals surface area contributed by atoms with Gasteiger partial charge >= 0.3 is 12.1 Å². The topological polar surface area (TPSA) is 75.6 Å². The number of hydrogen-bond acceptors (Lipinski definition) is 4. The van der Waals surface area contributed by atoms with Crippen LogP contribution >= 0.6 is 11.8 Å². The first-order valence-electron chi connectivity index (χ1n) is 13.4. The average molecular weight is 572 g/mol. The van der Waals surface area contributed by atoms with Crippen LogP contribution < -0.4 is 10.1 Å². The highest BCUT2D eigenvalue weighted by atomic mass is 32.2. The predicted molar refractivity (Wildman–Crippen MR) is 150 cm³/mol. The van der Waals surface area contributed by atoms with Crippen molar-refractivity contribution in [2.24, 2.45) is 11.8 Å². The summed E-state index contributed by atoms with van der Waals surface area (Å²) in [7, 11) is 0. The zero-order valence-corrected chi connectivity index (χ0v) is 23.1. The lowest BCUT2D eigenvalue weighted by molar-refractivity contribution is -0.140. The fourth-order valence-electron chi connectivity index (χ4n) is 6.05. The molecule has 212 valence electrons. The second-order valence-corrected chi connectivity index (χ2v) is 13.2. The standard InChI is InChI=1S/C31H32F3NO4S/c1-30(2,40-25-16-19-7-10-21(25)15-19)27(29(37)38)35-28(36)24-14-11-20-5-3-4-6-23(20)26(24)39-17-18-8-12-22(13-9-18)31(32,33)34/h3-6,8-9,11-14,19,21,25,27H,7,10,15-17H2,1-2H3,(H,35,36)(H,37,38)/t19-,21+,25-,27-/m1/s1. The molecule has 3 aromatic rings. The van der Waals surface area contributed by atoms with E-state index < -0.39 is 34.4 Å². The number of hydrogen-bond donors (Lipinski definition) is 2. The molecular formula is C31H32F3NO4S. The van der Waals surface area contributed by atoms with Crippen LogP contribution in [0.3, 0.4) is 0 Å². The Hall–Kier alpha value is -3.20. The molecule has 5 nitrogen and oxygen atoms in total. The number of carbonyl (C=O) groups excluding carboxylic acids is 1. The summed E-state index contributed by atoms with van der Waals surface area (Å²) < 4.78 is 44.2. The van der Waals surface area contributed by atoms with E-state index >= 15 is 0 Å². The van der Waals surface area contributed by atoms with Crippen LogP contribution in [0.1, 0.15) is 61.0 Å². The summed E-state index contributed by atoms with van der Waals surface area (Å²) in [6, 6.07) is 14.2. The van der Waals surface area contributed by atoms with E-state index in [4.69, 9.17) is 4.74 Å². The van der Waals surface area contributed by atoms with Crippen molar-refractivity contribution >= 4 is 34.4 Å². The largest absolute Gasteiger partial charge is 0.487 e. The molecule has 5 rings (SSSR count). The zero-order valence-electron chi connectivity index (χ0n) is 22.3. The van der Waals surface area contributed by atoms with Crippen LogP contribution in [0.2, 0.25) is 0 Å². The first-order valence-corrected chi connectivity index (χ1v) is 14.3. The molecule has 2 N–H and O–H groups in total. The molecule has 0 spiro atoms. The Bertz CT molecular complexity index is 1410. The second kappa shape index (κ2) is 11.0. The molecule has 0 aromatic heterocycles. The van der Waals surface area contributed by atoms with Gasteiger partial charge in [0.2, 0.25) is 0 Å². The summed E-state index contributed by atoms with van der Waals surface area (Å²) in [6.07, 6.45) is 0.280. The van der Waals surface area contributed by atoms with E-state index in [1.54, 1.807) is 36.0 Å². The van der Waals surface area contributed by atoms with E-state index in [0.29, 0.717) is 22.1 Å². The number of thioether (sulfide) groups is 1. The Labute approximate surface area is 235 Å². The fraction of sp³-hybridized carbons (Fsp3) is 0.419. The molecule has 0 unspecified atom stereocenters. The Kier molecular flexibility index (Phi) is 7.79. The van der Waals surface area contributed by atoms with Crippen molar-refractivity contribution in [1.82, 2.24) is 5.32 Å². The molecule has 2 saturated carbocycles.